The second-order valence-electron chi connectivity index (χ2n) is 7.90. The molecule has 1 aromatic heterocycles. The molecule has 0 radical (unpaired) electrons. The molecule has 0 aliphatic rings. The number of carbonyl (C=O) groups excluding carboxylic acids is 1. The zero-order valence-electron chi connectivity index (χ0n) is 20.7. The Morgan fingerprint density at radius 1 is 1.19 bits per heavy atom. The first-order valence-corrected chi connectivity index (χ1v) is 12.1. The smallest absolute Gasteiger partial charge is 0.263 e. The van der Waals surface area contributed by atoms with Gasteiger partial charge in [-0.15, -0.1) is 11.3 Å². The Balaban J connectivity index is 1.58. The highest BCUT2D eigenvalue weighted by molar-refractivity contribution is 7.14. The average molecular weight is 512 g/mol. The van der Waals surface area contributed by atoms with Crippen LogP contribution in [-0.4, -0.2) is 48.9 Å². The van der Waals surface area contributed by atoms with Crippen LogP contribution in [0.25, 0.3) is 5.70 Å². The van der Waals surface area contributed by atoms with Crippen molar-refractivity contribution in [3.05, 3.63) is 81.7 Å². The number of aliphatic imine (C=N–C) groups is 1. The molecule has 2 aromatic carbocycles. The largest absolute Gasteiger partial charge is 0.497 e. The highest BCUT2D eigenvalue weighted by Crippen LogP contribution is 2.25. The minimum absolute atomic E-state index is 0.259. The van der Waals surface area contributed by atoms with E-state index in [1.54, 1.807) is 26.2 Å². The lowest BCUT2D eigenvalue weighted by molar-refractivity contribution is 0.0954. The van der Waals surface area contributed by atoms with Crippen molar-refractivity contribution in [1.29, 1.82) is 0 Å². The van der Waals surface area contributed by atoms with E-state index < -0.39 is 0 Å². The van der Waals surface area contributed by atoms with Gasteiger partial charge in [0.25, 0.3) is 5.91 Å². The fourth-order valence-corrected chi connectivity index (χ4v) is 4.08. The number of halogens is 1. The lowest BCUT2D eigenvalue weighted by Crippen LogP contribution is -2.29. The summed E-state index contributed by atoms with van der Waals surface area (Å²) in [5.74, 6) is 1.67. The van der Waals surface area contributed by atoms with Gasteiger partial charge < -0.3 is 25.4 Å². The second kappa shape index (κ2) is 12.7. The molecule has 0 aliphatic carbocycles. The monoisotopic (exact) mass is 511 g/mol. The highest BCUT2D eigenvalue weighted by Gasteiger charge is 2.17. The van der Waals surface area contributed by atoms with Gasteiger partial charge in [-0.2, -0.15) is 0 Å². The number of aryl methyl sites for hydroxylation is 1. The number of nitrogens with two attached hydrogens (primary N) is 1. The van der Waals surface area contributed by atoms with Crippen LogP contribution in [0.1, 0.15) is 32.9 Å². The molecule has 0 unspecified atom stereocenters. The molecule has 3 aromatic rings. The minimum atomic E-state index is -0.319. The SMILES string of the molecule is COc1ccc(OCCN(C)C(C)=N/C(=C\N)c2nc(C)c(C(=O)NCc3ccc(F)cc3)s2)cc1. The Labute approximate surface area is 214 Å². The third-order valence-electron chi connectivity index (χ3n) is 5.34. The van der Waals surface area contributed by atoms with Crippen molar-refractivity contribution >= 4 is 28.8 Å². The highest BCUT2D eigenvalue weighted by atomic mass is 32.1. The van der Waals surface area contributed by atoms with Crippen molar-refractivity contribution in [3.63, 3.8) is 0 Å². The number of benzene rings is 2. The van der Waals surface area contributed by atoms with E-state index >= 15 is 0 Å². The third kappa shape index (κ3) is 7.29. The van der Waals surface area contributed by atoms with E-state index in [-0.39, 0.29) is 18.3 Å². The number of methoxy groups -OCH3 is 1. The first kappa shape index (κ1) is 26.7. The lowest BCUT2D eigenvalue weighted by Gasteiger charge is -2.19. The molecule has 10 heteroatoms. The third-order valence-corrected chi connectivity index (χ3v) is 6.51. The topological polar surface area (TPSA) is 102 Å². The van der Waals surface area contributed by atoms with Crippen LogP contribution < -0.4 is 20.5 Å². The van der Waals surface area contributed by atoms with Gasteiger partial charge >= 0.3 is 0 Å². The Hall–Kier alpha value is -3.92. The molecule has 0 fully saturated rings. The zero-order chi connectivity index (χ0) is 26.1. The Morgan fingerprint density at radius 2 is 1.86 bits per heavy atom. The minimum Gasteiger partial charge on any atom is -0.497 e. The summed E-state index contributed by atoms with van der Waals surface area (Å²) in [5, 5.41) is 3.39. The number of amides is 1. The van der Waals surface area contributed by atoms with Crippen LogP contribution in [0.15, 0.2) is 59.7 Å². The normalized spacial score (nSPS) is 11.8. The van der Waals surface area contributed by atoms with Crippen LogP contribution in [0.2, 0.25) is 0 Å². The van der Waals surface area contributed by atoms with Crippen molar-refractivity contribution in [2.75, 3.05) is 27.3 Å². The van der Waals surface area contributed by atoms with Gasteiger partial charge in [-0.3, -0.25) is 4.79 Å². The summed E-state index contributed by atoms with van der Waals surface area (Å²) >= 11 is 1.22. The number of ether oxygens (including phenoxy) is 2. The van der Waals surface area contributed by atoms with E-state index in [0.29, 0.717) is 34.4 Å². The number of nitrogens with zero attached hydrogens (tertiary/aromatic N) is 3. The fraction of sp³-hybridized carbons (Fsp3) is 0.269. The Bertz CT molecular complexity index is 1220. The van der Waals surface area contributed by atoms with Crippen molar-refractivity contribution in [2.24, 2.45) is 10.7 Å². The summed E-state index contributed by atoms with van der Waals surface area (Å²) in [5.41, 5.74) is 7.70. The quantitative estimate of drug-likeness (QED) is 0.312. The molecule has 0 saturated carbocycles. The number of hydrogen-bond acceptors (Lipinski definition) is 7. The van der Waals surface area contributed by atoms with Gasteiger partial charge in [-0.1, -0.05) is 12.1 Å². The van der Waals surface area contributed by atoms with Gasteiger partial charge in [-0.05, 0) is 55.8 Å². The summed E-state index contributed by atoms with van der Waals surface area (Å²) in [7, 11) is 3.53. The van der Waals surface area contributed by atoms with Gasteiger partial charge in [0.15, 0.2) is 0 Å². The van der Waals surface area contributed by atoms with Gasteiger partial charge in [0.2, 0.25) is 0 Å². The van der Waals surface area contributed by atoms with Crippen LogP contribution in [0, 0.1) is 12.7 Å². The number of amidine groups is 1. The first-order valence-electron chi connectivity index (χ1n) is 11.3. The number of thiazole rings is 1. The molecule has 0 bridgehead atoms. The van der Waals surface area contributed by atoms with Crippen molar-refractivity contribution in [1.82, 2.24) is 15.2 Å². The van der Waals surface area contributed by atoms with E-state index in [1.807, 2.05) is 43.1 Å². The Morgan fingerprint density at radius 3 is 2.50 bits per heavy atom. The number of hydrogen-bond donors (Lipinski definition) is 2. The molecule has 0 atom stereocenters. The van der Waals surface area contributed by atoms with Gasteiger partial charge in [0.1, 0.15) is 45.3 Å². The van der Waals surface area contributed by atoms with Crippen molar-refractivity contribution < 1.29 is 18.7 Å². The predicted octanol–water partition coefficient (Wildman–Crippen LogP) is 4.22. The number of nitrogens with one attached hydrogen (secondary N) is 1. The van der Waals surface area contributed by atoms with E-state index in [4.69, 9.17) is 15.2 Å². The van der Waals surface area contributed by atoms with Gasteiger partial charge in [-0.25, -0.2) is 14.4 Å². The molecule has 3 N–H and O–H groups in total. The van der Waals surface area contributed by atoms with Crippen LogP contribution in [0.4, 0.5) is 4.39 Å². The van der Waals surface area contributed by atoms with E-state index in [0.717, 1.165) is 22.9 Å². The predicted molar refractivity (Wildman–Crippen MR) is 141 cm³/mol. The van der Waals surface area contributed by atoms with Crippen LogP contribution in [-0.2, 0) is 6.54 Å². The molecule has 3 rings (SSSR count). The summed E-state index contributed by atoms with van der Waals surface area (Å²) in [6.45, 7) is 4.99. The number of likely N-dealkylation sites (N-methyl/N-ethyl adjacent to an activating group) is 1. The summed E-state index contributed by atoms with van der Waals surface area (Å²) in [4.78, 5) is 24.2. The molecule has 0 saturated heterocycles. The molecule has 1 heterocycles. The molecular formula is C26H30FN5O3S. The standard InChI is InChI=1S/C26H30FN5O3S/c1-17-24(25(33)29-16-19-5-7-20(27)8-6-19)36-26(30-17)23(15-28)31-18(2)32(3)13-14-35-22-11-9-21(34-4)10-12-22/h5-12,15H,13-14,16,28H2,1-4H3,(H,29,33)/b23-15-,31-18?. The average Bonchev–Trinajstić information content (AvgIpc) is 3.28. The summed E-state index contributed by atoms with van der Waals surface area (Å²) < 4.78 is 24.0. The number of aromatic nitrogens is 1. The van der Waals surface area contributed by atoms with Crippen molar-refractivity contribution in [2.45, 2.75) is 20.4 Å². The molecule has 36 heavy (non-hydrogen) atoms. The summed E-state index contributed by atoms with van der Waals surface area (Å²) in [6, 6.07) is 13.4. The van der Waals surface area contributed by atoms with Crippen LogP contribution in [0.5, 0.6) is 11.5 Å². The second-order valence-corrected chi connectivity index (χ2v) is 8.90. The maximum Gasteiger partial charge on any atom is 0.263 e. The Kier molecular flexibility index (Phi) is 9.40. The lowest BCUT2D eigenvalue weighted by atomic mass is 10.2. The van der Waals surface area contributed by atoms with Crippen LogP contribution >= 0.6 is 11.3 Å². The molecule has 8 nitrogen and oxygen atoms in total. The van der Waals surface area contributed by atoms with Gasteiger partial charge in [0.05, 0.1) is 19.3 Å². The maximum absolute atomic E-state index is 13.1. The summed E-state index contributed by atoms with van der Waals surface area (Å²) in [6.07, 6.45) is 1.38. The fourth-order valence-electron chi connectivity index (χ4n) is 3.13. The van der Waals surface area contributed by atoms with Crippen LogP contribution in [0.3, 0.4) is 0 Å². The van der Waals surface area contributed by atoms with E-state index in [9.17, 15) is 9.18 Å². The maximum atomic E-state index is 13.1. The molecule has 0 aliphatic heterocycles. The molecule has 1 amide bonds. The number of carbonyl (C=O) groups is 1. The molecular weight excluding hydrogens is 481 g/mol. The molecule has 190 valence electrons. The molecule has 0 spiro atoms. The van der Waals surface area contributed by atoms with E-state index in [2.05, 4.69) is 15.3 Å². The zero-order valence-corrected chi connectivity index (χ0v) is 21.6. The number of rotatable bonds is 10. The first-order chi connectivity index (χ1) is 17.3. The van der Waals surface area contributed by atoms with Crippen molar-refractivity contribution in [3.8, 4) is 11.5 Å². The van der Waals surface area contributed by atoms with Gasteiger partial charge in [0, 0.05) is 19.8 Å². The van der Waals surface area contributed by atoms with E-state index in [1.165, 1.54) is 29.7 Å².